The standard InChI is InChI=1S/C24H27N3O.C4H4O4/c28-24(23-15-20-6-3-4-8-22(20)25-23)27-13-9-18(10-14-27)16-26-12-11-19-5-1-2-7-21(19)17-26;5-3(6)1-2-4(7)8/h1-8,15,18,25H,9-14,16-17H2;1-2H,(H,5,6)(H,7,8)/b;2-1+. The van der Waals surface area contributed by atoms with Crippen molar-refractivity contribution in [2.45, 2.75) is 25.8 Å². The Morgan fingerprint density at radius 1 is 0.889 bits per heavy atom. The van der Waals surface area contributed by atoms with Gasteiger partial charge in [-0.1, -0.05) is 42.5 Å². The average Bonchev–Trinajstić information content (AvgIpc) is 3.32. The zero-order valence-electron chi connectivity index (χ0n) is 20.1. The van der Waals surface area contributed by atoms with Gasteiger partial charge in [0.05, 0.1) is 0 Å². The maximum atomic E-state index is 12.9. The molecule has 2 aromatic carbocycles. The number of nitrogens with one attached hydrogen (secondary N) is 1. The fourth-order valence-electron chi connectivity index (χ4n) is 4.90. The van der Waals surface area contributed by atoms with Gasteiger partial charge in [-0.3, -0.25) is 9.69 Å². The minimum atomic E-state index is -1.26. The summed E-state index contributed by atoms with van der Waals surface area (Å²) in [4.78, 5) is 39.9. The Morgan fingerprint density at radius 3 is 2.19 bits per heavy atom. The van der Waals surface area contributed by atoms with Crippen LogP contribution in [0.4, 0.5) is 0 Å². The van der Waals surface area contributed by atoms with Crippen molar-refractivity contribution < 1.29 is 24.6 Å². The summed E-state index contributed by atoms with van der Waals surface area (Å²) in [6.45, 7) is 5.12. The van der Waals surface area contributed by atoms with Gasteiger partial charge in [0.1, 0.15) is 5.69 Å². The van der Waals surface area contributed by atoms with Crippen LogP contribution >= 0.6 is 0 Å². The van der Waals surface area contributed by atoms with Gasteiger partial charge in [-0.15, -0.1) is 0 Å². The minimum Gasteiger partial charge on any atom is -0.478 e. The Kier molecular flexibility index (Phi) is 8.17. The van der Waals surface area contributed by atoms with Gasteiger partial charge in [0.15, 0.2) is 0 Å². The molecular weight excluding hydrogens is 458 g/mol. The lowest BCUT2D eigenvalue weighted by Gasteiger charge is -2.36. The lowest BCUT2D eigenvalue weighted by molar-refractivity contribution is -0.134. The molecule has 188 valence electrons. The number of likely N-dealkylation sites (tertiary alicyclic amines) is 1. The number of hydrogen-bond donors (Lipinski definition) is 3. The topological polar surface area (TPSA) is 114 Å². The lowest BCUT2D eigenvalue weighted by Crippen LogP contribution is -2.42. The van der Waals surface area contributed by atoms with E-state index >= 15 is 0 Å². The molecule has 0 bridgehead atoms. The summed E-state index contributed by atoms with van der Waals surface area (Å²) < 4.78 is 0. The second kappa shape index (κ2) is 11.7. The molecule has 0 radical (unpaired) electrons. The molecule has 0 atom stereocenters. The van der Waals surface area contributed by atoms with Crippen LogP contribution in [0.1, 0.15) is 34.5 Å². The summed E-state index contributed by atoms with van der Waals surface area (Å²) in [5, 5.41) is 16.7. The molecule has 3 aromatic rings. The molecule has 8 nitrogen and oxygen atoms in total. The van der Waals surface area contributed by atoms with E-state index in [1.165, 1.54) is 11.1 Å². The first kappa shape index (κ1) is 25.2. The van der Waals surface area contributed by atoms with E-state index < -0.39 is 11.9 Å². The Hall–Kier alpha value is -3.91. The number of fused-ring (bicyclic) bond motifs is 2. The first-order valence-corrected chi connectivity index (χ1v) is 12.2. The van der Waals surface area contributed by atoms with Gasteiger partial charge >= 0.3 is 11.9 Å². The number of aliphatic carboxylic acids is 2. The van der Waals surface area contributed by atoms with Crippen LogP contribution in [-0.2, 0) is 22.6 Å². The molecule has 8 heteroatoms. The van der Waals surface area contributed by atoms with Crippen LogP contribution in [0.5, 0.6) is 0 Å². The molecule has 5 rings (SSSR count). The van der Waals surface area contributed by atoms with Gasteiger partial charge in [0, 0.05) is 55.8 Å². The zero-order chi connectivity index (χ0) is 25.5. The normalized spacial score (nSPS) is 16.4. The van der Waals surface area contributed by atoms with Crippen molar-refractivity contribution in [1.29, 1.82) is 0 Å². The number of carboxylic acid groups (broad SMARTS) is 2. The van der Waals surface area contributed by atoms with E-state index in [9.17, 15) is 14.4 Å². The highest BCUT2D eigenvalue weighted by Crippen LogP contribution is 2.25. The zero-order valence-corrected chi connectivity index (χ0v) is 20.1. The van der Waals surface area contributed by atoms with Crippen LogP contribution in [0.3, 0.4) is 0 Å². The first-order valence-electron chi connectivity index (χ1n) is 12.2. The fourth-order valence-corrected chi connectivity index (χ4v) is 4.90. The van der Waals surface area contributed by atoms with Crippen LogP contribution in [0.25, 0.3) is 10.9 Å². The Morgan fingerprint density at radius 2 is 1.53 bits per heavy atom. The number of amides is 1. The minimum absolute atomic E-state index is 0.140. The van der Waals surface area contributed by atoms with E-state index in [4.69, 9.17) is 10.2 Å². The second-order valence-electron chi connectivity index (χ2n) is 9.27. The molecule has 3 N–H and O–H groups in total. The molecular formula is C28H31N3O5. The van der Waals surface area contributed by atoms with E-state index in [0.717, 1.165) is 62.9 Å². The largest absolute Gasteiger partial charge is 0.478 e. The summed E-state index contributed by atoms with van der Waals surface area (Å²) in [6, 6.07) is 18.9. The predicted octanol–water partition coefficient (Wildman–Crippen LogP) is 3.79. The maximum absolute atomic E-state index is 12.9. The molecule has 0 saturated carbocycles. The Labute approximate surface area is 209 Å². The molecule has 1 amide bonds. The lowest BCUT2D eigenvalue weighted by atomic mass is 9.93. The Bertz CT molecular complexity index is 1210. The van der Waals surface area contributed by atoms with Crippen LogP contribution in [0.2, 0.25) is 0 Å². The number of H-pyrrole nitrogens is 1. The van der Waals surface area contributed by atoms with Crippen molar-refractivity contribution in [2.75, 3.05) is 26.2 Å². The van der Waals surface area contributed by atoms with E-state index in [0.29, 0.717) is 23.8 Å². The van der Waals surface area contributed by atoms with E-state index in [1.807, 2.05) is 35.2 Å². The van der Waals surface area contributed by atoms with Crippen molar-refractivity contribution in [3.8, 4) is 0 Å². The number of carboxylic acids is 2. The van der Waals surface area contributed by atoms with Crippen molar-refractivity contribution >= 4 is 28.7 Å². The number of hydrogen-bond acceptors (Lipinski definition) is 4. The van der Waals surface area contributed by atoms with Crippen LogP contribution < -0.4 is 0 Å². The van der Waals surface area contributed by atoms with Gasteiger partial charge < -0.3 is 20.1 Å². The molecule has 2 aliphatic rings. The van der Waals surface area contributed by atoms with Crippen molar-refractivity contribution in [2.24, 2.45) is 5.92 Å². The van der Waals surface area contributed by atoms with Crippen molar-refractivity contribution in [1.82, 2.24) is 14.8 Å². The summed E-state index contributed by atoms with van der Waals surface area (Å²) in [5.41, 5.74) is 4.75. The highest BCUT2D eigenvalue weighted by atomic mass is 16.4. The molecule has 1 aromatic heterocycles. The highest BCUT2D eigenvalue weighted by molar-refractivity contribution is 5.98. The SMILES string of the molecule is O=C(O)/C=C/C(=O)O.O=C(c1cc2ccccc2[nH]1)N1CCC(CN2CCc3ccccc3C2)CC1. The van der Waals surface area contributed by atoms with Crippen LogP contribution in [0.15, 0.2) is 66.7 Å². The monoisotopic (exact) mass is 489 g/mol. The third-order valence-corrected chi connectivity index (χ3v) is 6.76. The molecule has 1 fully saturated rings. The third-order valence-electron chi connectivity index (χ3n) is 6.76. The number of para-hydroxylation sites is 1. The molecule has 36 heavy (non-hydrogen) atoms. The number of benzene rings is 2. The number of rotatable bonds is 5. The van der Waals surface area contributed by atoms with Crippen molar-refractivity contribution in [3.05, 3.63) is 83.6 Å². The quantitative estimate of drug-likeness (QED) is 0.470. The fraction of sp³-hybridized carbons (Fsp3) is 0.321. The number of aromatic nitrogens is 1. The van der Waals surface area contributed by atoms with Gasteiger partial charge in [-0.05, 0) is 48.4 Å². The number of aromatic amines is 1. The van der Waals surface area contributed by atoms with E-state index in [2.05, 4.69) is 34.1 Å². The van der Waals surface area contributed by atoms with E-state index in [1.54, 1.807) is 0 Å². The molecule has 3 heterocycles. The maximum Gasteiger partial charge on any atom is 0.328 e. The van der Waals surface area contributed by atoms with Gasteiger partial charge in [-0.25, -0.2) is 9.59 Å². The number of piperidine rings is 1. The molecule has 0 aliphatic carbocycles. The summed E-state index contributed by atoms with van der Waals surface area (Å²) in [5.74, 6) is -1.68. The van der Waals surface area contributed by atoms with E-state index in [-0.39, 0.29) is 5.91 Å². The Balaban J connectivity index is 0.000000331. The van der Waals surface area contributed by atoms with Gasteiger partial charge in [0.25, 0.3) is 5.91 Å². The third kappa shape index (κ3) is 6.60. The van der Waals surface area contributed by atoms with Gasteiger partial charge in [-0.2, -0.15) is 0 Å². The molecule has 0 spiro atoms. The first-order chi connectivity index (χ1) is 17.4. The number of nitrogens with zero attached hydrogens (tertiary/aromatic N) is 2. The molecule has 2 aliphatic heterocycles. The summed E-state index contributed by atoms with van der Waals surface area (Å²) in [7, 11) is 0. The number of carbonyl (C=O) groups excluding carboxylic acids is 1. The van der Waals surface area contributed by atoms with Crippen LogP contribution in [-0.4, -0.2) is 69.0 Å². The summed E-state index contributed by atoms with van der Waals surface area (Å²) >= 11 is 0. The van der Waals surface area contributed by atoms with Crippen molar-refractivity contribution in [3.63, 3.8) is 0 Å². The average molecular weight is 490 g/mol. The van der Waals surface area contributed by atoms with Gasteiger partial charge in [0.2, 0.25) is 0 Å². The smallest absolute Gasteiger partial charge is 0.328 e. The summed E-state index contributed by atoms with van der Waals surface area (Å²) in [6.07, 6.45) is 4.48. The molecule has 1 saturated heterocycles. The van der Waals surface area contributed by atoms with Crippen LogP contribution in [0, 0.1) is 5.92 Å². The molecule has 0 unspecified atom stereocenters. The second-order valence-corrected chi connectivity index (χ2v) is 9.27. The highest BCUT2D eigenvalue weighted by Gasteiger charge is 2.27. The predicted molar refractivity (Wildman–Crippen MR) is 137 cm³/mol. The number of carbonyl (C=O) groups is 3.